The molecule has 3 aromatic carbocycles. The zero-order chi connectivity index (χ0) is 39.6. The number of benzene rings is 3. The molecule has 0 saturated carbocycles. The van der Waals surface area contributed by atoms with Gasteiger partial charge in [-0.2, -0.15) is 0 Å². The van der Waals surface area contributed by atoms with E-state index < -0.39 is 56.2 Å². The van der Waals surface area contributed by atoms with Gasteiger partial charge < -0.3 is 27.8 Å². The molecule has 1 aliphatic heterocycles. The molecule has 0 radical (unpaired) electrons. The second-order valence-electron chi connectivity index (χ2n) is 16.5. The number of methoxy groups -OCH3 is 1. The van der Waals surface area contributed by atoms with Crippen molar-refractivity contribution < 1.29 is 41.0 Å². The zero-order valence-corrected chi connectivity index (χ0v) is 36.3. The highest BCUT2D eigenvalue weighted by molar-refractivity contribution is 7.91. The molecule has 1 aliphatic rings. The molecule has 296 valence electrons. The van der Waals surface area contributed by atoms with E-state index in [1.165, 1.54) is 0 Å². The summed E-state index contributed by atoms with van der Waals surface area (Å²) in [6.45, 7) is 17.2. The fourth-order valence-electron chi connectivity index (χ4n) is 6.92. The lowest BCUT2D eigenvalue weighted by Crippen LogP contribution is -2.57. The van der Waals surface area contributed by atoms with Gasteiger partial charge >= 0.3 is 0 Å². The van der Waals surface area contributed by atoms with Crippen LogP contribution in [0.15, 0.2) is 102 Å². The lowest BCUT2D eigenvalue weighted by Gasteiger charge is -2.46. The molecular formula is C42H60O9SSi2. The van der Waals surface area contributed by atoms with Gasteiger partial charge in [-0.3, -0.25) is 4.79 Å². The first-order valence-electron chi connectivity index (χ1n) is 18.7. The second-order valence-corrected chi connectivity index (χ2v) is 27.4. The standard InChI is InChI=1S/C42H60O9SSi2/c1-41(50-53(4,5)6,28-30-52(44,45)37-20-14-11-15-21-37)27-16-19-35(43)31-42(2,51-54(7,8)9)39(48-32-33-22-24-36(46-3)25-23-33)38-26-29-47-40(49-38)34-17-12-10-13-18-34/h10-25,38-40H,26-32H2,1-9H3/b19-16+/t38-,39-,40-,41+,42+/m0/s1. The van der Waals surface area contributed by atoms with Gasteiger partial charge in [0, 0.05) is 12.0 Å². The second kappa shape index (κ2) is 18.8. The highest BCUT2D eigenvalue weighted by Crippen LogP contribution is 2.37. The Kier molecular flexibility index (Phi) is 15.2. The SMILES string of the molecule is COc1ccc(CO[C@@H]([C@@H]2CCO[C@H](c3ccccc3)O2)[C@@](C)(CC(=O)/C=C/C[C@](C)(CCS(=O)(=O)c2ccccc2)O[Si](C)(C)C)O[Si](C)(C)C)cc1. The summed E-state index contributed by atoms with van der Waals surface area (Å²) in [7, 11) is -6.24. The van der Waals surface area contributed by atoms with Crippen LogP contribution in [0.5, 0.6) is 5.75 Å². The first-order valence-corrected chi connectivity index (χ1v) is 27.2. The summed E-state index contributed by atoms with van der Waals surface area (Å²) < 4.78 is 64.8. The quantitative estimate of drug-likeness (QED) is 0.0818. The molecule has 0 unspecified atom stereocenters. The number of rotatable bonds is 20. The zero-order valence-electron chi connectivity index (χ0n) is 33.5. The van der Waals surface area contributed by atoms with Crippen molar-refractivity contribution in [1.82, 2.24) is 0 Å². The smallest absolute Gasteiger partial charge is 0.184 e. The predicted octanol–water partition coefficient (Wildman–Crippen LogP) is 9.07. The van der Waals surface area contributed by atoms with E-state index in [0.29, 0.717) is 24.3 Å². The average molecular weight is 797 g/mol. The molecule has 4 rings (SSSR count). The van der Waals surface area contributed by atoms with Crippen molar-refractivity contribution in [1.29, 1.82) is 0 Å². The van der Waals surface area contributed by atoms with Gasteiger partial charge in [-0.1, -0.05) is 66.7 Å². The third-order valence-electron chi connectivity index (χ3n) is 9.04. The van der Waals surface area contributed by atoms with Crippen LogP contribution in [0, 0.1) is 0 Å². The molecule has 1 fully saturated rings. The highest BCUT2D eigenvalue weighted by atomic mass is 32.2. The molecule has 1 heterocycles. The topological polar surface area (TPSA) is 107 Å². The molecule has 0 N–H and O–H groups in total. The minimum atomic E-state index is -3.51. The van der Waals surface area contributed by atoms with Crippen LogP contribution in [-0.2, 0) is 44.3 Å². The molecule has 0 aliphatic carbocycles. The van der Waals surface area contributed by atoms with Crippen molar-refractivity contribution in [3.63, 3.8) is 0 Å². The van der Waals surface area contributed by atoms with E-state index in [4.69, 9.17) is 27.8 Å². The summed E-state index contributed by atoms with van der Waals surface area (Å²) in [5, 5.41) is 0. The maximum Gasteiger partial charge on any atom is 0.184 e. The normalized spacial score (nSPS) is 19.9. The van der Waals surface area contributed by atoms with Crippen LogP contribution in [0.2, 0.25) is 39.3 Å². The number of carbonyl (C=O) groups is 1. The van der Waals surface area contributed by atoms with Gasteiger partial charge in [-0.05, 0) is 108 Å². The Hall–Kier alpha value is -2.95. The van der Waals surface area contributed by atoms with Crippen LogP contribution >= 0.6 is 0 Å². The van der Waals surface area contributed by atoms with E-state index in [9.17, 15) is 13.2 Å². The summed E-state index contributed by atoms with van der Waals surface area (Å²) in [6, 6.07) is 26.0. The van der Waals surface area contributed by atoms with Gasteiger partial charge in [-0.25, -0.2) is 8.42 Å². The number of hydrogen-bond acceptors (Lipinski definition) is 9. The van der Waals surface area contributed by atoms with Crippen LogP contribution in [-0.4, -0.2) is 73.7 Å². The van der Waals surface area contributed by atoms with Gasteiger partial charge in [0.25, 0.3) is 0 Å². The van der Waals surface area contributed by atoms with Crippen molar-refractivity contribution in [2.75, 3.05) is 19.5 Å². The van der Waals surface area contributed by atoms with E-state index in [0.717, 1.165) is 16.9 Å². The van der Waals surface area contributed by atoms with Crippen molar-refractivity contribution in [2.45, 2.75) is 120 Å². The summed E-state index contributed by atoms with van der Waals surface area (Å²) in [4.78, 5) is 14.3. The van der Waals surface area contributed by atoms with E-state index in [2.05, 4.69) is 39.3 Å². The number of ether oxygens (including phenoxy) is 4. The van der Waals surface area contributed by atoms with Crippen molar-refractivity contribution in [3.05, 3.63) is 108 Å². The van der Waals surface area contributed by atoms with Crippen LogP contribution in [0.25, 0.3) is 0 Å². The lowest BCUT2D eigenvalue weighted by molar-refractivity contribution is -0.263. The van der Waals surface area contributed by atoms with Gasteiger partial charge in [0.1, 0.15) is 11.9 Å². The first-order chi connectivity index (χ1) is 25.3. The Morgan fingerprint density at radius 2 is 1.50 bits per heavy atom. The Bertz CT molecular complexity index is 1760. The Morgan fingerprint density at radius 1 is 0.889 bits per heavy atom. The van der Waals surface area contributed by atoms with Crippen molar-refractivity contribution >= 4 is 32.3 Å². The summed E-state index contributed by atoms with van der Waals surface area (Å²) in [5.41, 5.74) is 0.0185. The Balaban J connectivity index is 1.59. The predicted molar refractivity (Wildman–Crippen MR) is 218 cm³/mol. The van der Waals surface area contributed by atoms with Gasteiger partial charge in [0.2, 0.25) is 0 Å². The number of sulfone groups is 1. The minimum absolute atomic E-state index is 0.0474. The number of allylic oxidation sites excluding steroid dienone is 1. The van der Waals surface area contributed by atoms with E-state index >= 15 is 0 Å². The Morgan fingerprint density at radius 3 is 2.09 bits per heavy atom. The first kappa shape index (κ1) is 43.8. The molecule has 0 bridgehead atoms. The molecule has 12 heteroatoms. The number of ketones is 1. The third kappa shape index (κ3) is 13.7. The highest BCUT2D eigenvalue weighted by Gasteiger charge is 2.47. The molecular weight excluding hydrogens is 737 g/mol. The molecule has 3 aromatic rings. The van der Waals surface area contributed by atoms with Crippen LogP contribution in [0.3, 0.4) is 0 Å². The number of hydrogen-bond donors (Lipinski definition) is 0. The number of carbonyl (C=O) groups excluding carboxylic acids is 1. The third-order valence-corrected chi connectivity index (χ3v) is 13.0. The lowest BCUT2D eigenvalue weighted by atomic mass is 9.87. The van der Waals surface area contributed by atoms with Crippen LogP contribution < -0.4 is 4.74 Å². The van der Waals surface area contributed by atoms with Gasteiger partial charge in [0.15, 0.2) is 38.5 Å². The average Bonchev–Trinajstić information content (AvgIpc) is 3.10. The monoisotopic (exact) mass is 796 g/mol. The van der Waals surface area contributed by atoms with Crippen LogP contribution in [0.4, 0.5) is 0 Å². The Labute approximate surface area is 325 Å². The maximum atomic E-state index is 14.0. The summed E-state index contributed by atoms with van der Waals surface area (Å²) in [6.07, 6.45) is 3.03. The summed E-state index contributed by atoms with van der Waals surface area (Å²) in [5.74, 6) is 0.555. The van der Waals surface area contributed by atoms with Gasteiger partial charge in [0.05, 0.1) is 48.3 Å². The van der Waals surface area contributed by atoms with Gasteiger partial charge in [-0.15, -0.1) is 0 Å². The van der Waals surface area contributed by atoms with Crippen molar-refractivity contribution in [2.24, 2.45) is 0 Å². The van der Waals surface area contributed by atoms with E-state index in [1.54, 1.807) is 43.5 Å². The largest absolute Gasteiger partial charge is 0.497 e. The van der Waals surface area contributed by atoms with Crippen LogP contribution in [0.1, 0.15) is 56.9 Å². The fourth-order valence-corrected chi connectivity index (χ4v) is 11.7. The molecule has 5 atom stereocenters. The molecule has 1 saturated heterocycles. The van der Waals surface area contributed by atoms with Crippen molar-refractivity contribution in [3.8, 4) is 5.75 Å². The molecule has 54 heavy (non-hydrogen) atoms. The molecule has 9 nitrogen and oxygen atoms in total. The van der Waals surface area contributed by atoms with E-state index in [1.807, 2.05) is 74.5 Å². The minimum Gasteiger partial charge on any atom is -0.497 e. The fraction of sp³-hybridized carbons (Fsp3) is 0.500. The maximum absolute atomic E-state index is 14.0. The molecule has 0 aromatic heterocycles. The molecule has 0 spiro atoms. The molecule has 0 amide bonds. The summed E-state index contributed by atoms with van der Waals surface area (Å²) >= 11 is 0. The van der Waals surface area contributed by atoms with E-state index in [-0.39, 0.29) is 31.0 Å².